The first-order valence-electron chi connectivity index (χ1n) is 0.333. The second-order valence-corrected chi connectivity index (χ2v) is 0. The predicted octanol–water partition coefficient (Wildman–Crippen LogP) is 0.669. The molecule has 0 aliphatic carbocycles. The van der Waals surface area contributed by atoms with Crippen molar-refractivity contribution in [2.75, 3.05) is 0 Å². The molecule has 0 bridgehead atoms. The van der Waals surface area contributed by atoms with Crippen LogP contribution in [0.1, 0.15) is 0 Å². The third kappa shape index (κ3) is 32.6. The summed E-state index contributed by atoms with van der Waals surface area (Å²) in [6, 6.07) is 0. The van der Waals surface area contributed by atoms with Crippen LogP contribution in [0.25, 0.3) is 0 Å². The molecule has 0 aromatic heterocycles. The van der Waals surface area contributed by atoms with E-state index in [9.17, 15) is 0 Å². The van der Waals surface area contributed by atoms with Crippen molar-refractivity contribution in [3.05, 3.63) is 0 Å². The molecular formula is C2H3ClCu. The van der Waals surface area contributed by atoms with Crippen LogP contribution in [-0.4, -0.2) is 0 Å². The van der Waals surface area contributed by atoms with Crippen molar-refractivity contribution >= 4 is 12.4 Å². The molecule has 29 valence electrons. The summed E-state index contributed by atoms with van der Waals surface area (Å²) in [6.45, 7) is 0. The van der Waals surface area contributed by atoms with E-state index in [2.05, 4.69) is 12.8 Å². The van der Waals surface area contributed by atoms with Crippen LogP contribution in [0, 0.1) is 12.8 Å². The van der Waals surface area contributed by atoms with E-state index in [0.717, 1.165) is 0 Å². The monoisotopic (exact) mass is 125 g/mol. The van der Waals surface area contributed by atoms with Gasteiger partial charge >= 0.3 is 0 Å². The molecule has 0 aromatic carbocycles. The van der Waals surface area contributed by atoms with Crippen LogP contribution in [0.5, 0.6) is 0 Å². The van der Waals surface area contributed by atoms with Crippen LogP contribution in [0.3, 0.4) is 0 Å². The van der Waals surface area contributed by atoms with E-state index in [1.807, 2.05) is 0 Å². The number of hydrogen-bond acceptors (Lipinski definition) is 0. The van der Waals surface area contributed by atoms with Crippen molar-refractivity contribution in [1.82, 2.24) is 0 Å². The number of hydrogen-bond donors (Lipinski definition) is 0. The number of terminal acetylenes is 1. The first-order valence-corrected chi connectivity index (χ1v) is 0.333. The van der Waals surface area contributed by atoms with E-state index < -0.39 is 0 Å². The van der Waals surface area contributed by atoms with Gasteiger partial charge in [0.1, 0.15) is 0 Å². The Labute approximate surface area is 42.9 Å². The Morgan fingerprint density at radius 1 is 1.00 bits per heavy atom. The van der Waals surface area contributed by atoms with Crippen LogP contribution in [0.4, 0.5) is 0 Å². The number of rotatable bonds is 0. The zero-order valence-electron chi connectivity index (χ0n) is 1.86. The molecule has 0 atom stereocenters. The molecule has 0 aliphatic rings. The van der Waals surface area contributed by atoms with Gasteiger partial charge in [-0.2, -0.15) is 0 Å². The first-order chi connectivity index (χ1) is 1.00. The quantitative estimate of drug-likeness (QED) is 0.330. The van der Waals surface area contributed by atoms with Gasteiger partial charge in [0, 0.05) is 17.1 Å². The van der Waals surface area contributed by atoms with Crippen molar-refractivity contribution in [3.63, 3.8) is 0 Å². The Bertz CT molecular complexity index is 10.8. The van der Waals surface area contributed by atoms with Gasteiger partial charge in [0.2, 0.25) is 0 Å². The Balaban J connectivity index is -0.00000000500. The molecule has 0 amide bonds. The first kappa shape index (κ1) is 26.5. The van der Waals surface area contributed by atoms with E-state index in [1.165, 1.54) is 0 Å². The second kappa shape index (κ2) is 139. The van der Waals surface area contributed by atoms with Crippen LogP contribution < -0.4 is 0 Å². The summed E-state index contributed by atoms with van der Waals surface area (Å²) in [7, 11) is 0. The SMILES string of the molecule is C#C.Cl.[Cu]. The smallest absolute Gasteiger partial charge is 0 e. The van der Waals surface area contributed by atoms with Gasteiger partial charge in [-0.25, -0.2) is 0 Å². The summed E-state index contributed by atoms with van der Waals surface area (Å²) in [5, 5.41) is 0. The minimum Gasteiger partial charge on any atom is -0.147 e. The van der Waals surface area contributed by atoms with Gasteiger partial charge < -0.3 is 0 Å². The maximum absolute atomic E-state index is 4.00. The van der Waals surface area contributed by atoms with Crippen LogP contribution >= 0.6 is 12.4 Å². The van der Waals surface area contributed by atoms with Crippen molar-refractivity contribution < 1.29 is 17.1 Å². The summed E-state index contributed by atoms with van der Waals surface area (Å²) in [5.41, 5.74) is 0. The molecule has 0 heterocycles. The van der Waals surface area contributed by atoms with E-state index >= 15 is 0 Å². The normalized spacial score (nSPS) is 0.500. The van der Waals surface area contributed by atoms with Gasteiger partial charge in [-0.15, -0.1) is 25.3 Å². The molecule has 0 nitrogen and oxygen atoms in total. The zero-order chi connectivity index (χ0) is 2.00. The Kier molecular flexibility index (Phi) is 916. The fourth-order valence-electron chi connectivity index (χ4n) is 0. The van der Waals surface area contributed by atoms with Crippen molar-refractivity contribution in [2.24, 2.45) is 0 Å². The van der Waals surface area contributed by atoms with Crippen LogP contribution in [0.15, 0.2) is 0 Å². The van der Waals surface area contributed by atoms with E-state index in [-0.39, 0.29) is 29.5 Å². The molecule has 4 heavy (non-hydrogen) atoms. The molecule has 0 aliphatic heterocycles. The molecule has 0 unspecified atom stereocenters. The van der Waals surface area contributed by atoms with Crippen molar-refractivity contribution in [1.29, 1.82) is 0 Å². The topological polar surface area (TPSA) is 0 Å². The molecule has 1 radical (unpaired) electrons. The third-order valence-electron chi connectivity index (χ3n) is 0. The van der Waals surface area contributed by atoms with E-state index in [1.54, 1.807) is 0 Å². The Hall–Kier alpha value is 0.369. The maximum Gasteiger partial charge on any atom is 0 e. The minimum atomic E-state index is 0. The largest absolute Gasteiger partial charge is 0.147 e. The molecule has 2 heteroatoms. The summed E-state index contributed by atoms with van der Waals surface area (Å²) in [4.78, 5) is 0. The van der Waals surface area contributed by atoms with Crippen molar-refractivity contribution in [2.45, 2.75) is 0 Å². The fourth-order valence-corrected chi connectivity index (χ4v) is 0. The minimum absolute atomic E-state index is 0. The summed E-state index contributed by atoms with van der Waals surface area (Å²) >= 11 is 0. The predicted molar refractivity (Wildman–Crippen MR) is 17.1 cm³/mol. The molecule has 0 rings (SSSR count). The summed E-state index contributed by atoms with van der Waals surface area (Å²) in [6.07, 6.45) is 8.00. The molecule has 0 aromatic rings. The van der Waals surface area contributed by atoms with Crippen molar-refractivity contribution in [3.8, 4) is 12.8 Å². The standard InChI is InChI=1S/C2H2.ClH.Cu/c1-2;;/h1-2H;1H;. The van der Waals surface area contributed by atoms with E-state index in [0.29, 0.717) is 0 Å². The van der Waals surface area contributed by atoms with Gasteiger partial charge in [0.05, 0.1) is 0 Å². The average Bonchev–Trinajstić information content (AvgIpc) is 1.00. The fraction of sp³-hybridized carbons (Fsp3) is 0. The number of halogens is 1. The molecule has 0 N–H and O–H groups in total. The summed E-state index contributed by atoms with van der Waals surface area (Å²) < 4.78 is 0. The zero-order valence-corrected chi connectivity index (χ0v) is 3.62. The van der Waals surface area contributed by atoms with Gasteiger partial charge in [-0.3, -0.25) is 0 Å². The molecule has 0 saturated heterocycles. The molecule has 0 fully saturated rings. The Morgan fingerprint density at radius 3 is 1.00 bits per heavy atom. The summed E-state index contributed by atoms with van der Waals surface area (Å²) in [5.74, 6) is 0. The van der Waals surface area contributed by atoms with Gasteiger partial charge in [0.25, 0.3) is 0 Å². The van der Waals surface area contributed by atoms with Crippen LogP contribution in [-0.2, 0) is 17.1 Å². The van der Waals surface area contributed by atoms with Gasteiger partial charge in [0.15, 0.2) is 0 Å². The second-order valence-electron chi connectivity index (χ2n) is 0. The average molecular weight is 126 g/mol. The van der Waals surface area contributed by atoms with Gasteiger partial charge in [-0.05, 0) is 0 Å². The van der Waals surface area contributed by atoms with E-state index in [4.69, 9.17) is 0 Å². The van der Waals surface area contributed by atoms with Gasteiger partial charge in [-0.1, -0.05) is 0 Å². The molecule has 0 saturated carbocycles. The Morgan fingerprint density at radius 2 is 1.00 bits per heavy atom. The molecular weight excluding hydrogens is 123 g/mol. The van der Waals surface area contributed by atoms with Crippen LogP contribution in [0.2, 0.25) is 0 Å². The third-order valence-corrected chi connectivity index (χ3v) is 0. The molecule has 0 spiro atoms. The maximum atomic E-state index is 4.00.